The predicted octanol–water partition coefficient (Wildman–Crippen LogP) is 3.37. The van der Waals surface area contributed by atoms with Crippen molar-refractivity contribution >= 4 is 21.6 Å². The standard InChI is InChI=1S/C14H21ClN2O2S/c1-2-3-11-4-6-12(7-5-11)17-20(18,19)13-8-9-16-14(15)10-13/h8-12,17H,2-7H2,1H3. The van der Waals surface area contributed by atoms with E-state index in [0.29, 0.717) is 0 Å². The van der Waals surface area contributed by atoms with Gasteiger partial charge in [0.05, 0.1) is 4.90 Å². The highest BCUT2D eigenvalue weighted by Gasteiger charge is 2.25. The molecule has 1 aromatic rings. The largest absolute Gasteiger partial charge is 0.244 e. The monoisotopic (exact) mass is 316 g/mol. The Kier molecular flexibility index (Phi) is 5.41. The van der Waals surface area contributed by atoms with Crippen LogP contribution < -0.4 is 4.72 Å². The van der Waals surface area contributed by atoms with E-state index in [1.54, 1.807) is 0 Å². The summed E-state index contributed by atoms with van der Waals surface area (Å²) in [5, 5.41) is 0.194. The van der Waals surface area contributed by atoms with Gasteiger partial charge in [-0.1, -0.05) is 31.4 Å². The van der Waals surface area contributed by atoms with E-state index in [9.17, 15) is 8.42 Å². The van der Waals surface area contributed by atoms with Gasteiger partial charge in [0.15, 0.2) is 0 Å². The van der Waals surface area contributed by atoms with Crippen molar-refractivity contribution < 1.29 is 8.42 Å². The number of aromatic nitrogens is 1. The van der Waals surface area contributed by atoms with Gasteiger partial charge in [0.1, 0.15) is 5.15 Å². The van der Waals surface area contributed by atoms with Crippen molar-refractivity contribution in [1.29, 1.82) is 0 Å². The SMILES string of the molecule is CCCC1CCC(NS(=O)(=O)c2ccnc(Cl)c2)CC1. The summed E-state index contributed by atoms with van der Waals surface area (Å²) in [4.78, 5) is 3.99. The number of sulfonamides is 1. The zero-order valence-electron chi connectivity index (χ0n) is 11.7. The molecule has 1 aliphatic carbocycles. The van der Waals surface area contributed by atoms with Crippen molar-refractivity contribution in [2.24, 2.45) is 5.92 Å². The lowest BCUT2D eigenvalue weighted by atomic mass is 9.84. The summed E-state index contributed by atoms with van der Waals surface area (Å²) in [5.41, 5.74) is 0. The highest BCUT2D eigenvalue weighted by molar-refractivity contribution is 7.89. The molecule has 1 aromatic heterocycles. The highest BCUT2D eigenvalue weighted by atomic mass is 35.5. The predicted molar refractivity (Wildman–Crippen MR) is 80.2 cm³/mol. The number of rotatable bonds is 5. The minimum Gasteiger partial charge on any atom is -0.244 e. The van der Waals surface area contributed by atoms with Crippen LogP contribution in [0.4, 0.5) is 0 Å². The lowest BCUT2D eigenvalue weighted by Gasteiger charge is -2.28. The van der Waals surface area contributed by atoms with E-state index in [1.165, 1.54) is 31.2 Å². The van der Waals surface area contributed by atoms with Crippen LogP contribution in [-0.4, -0.2) is 19.4 Å². The fourth-order valence-corrected chi connectivity index (χ4v) is 4.37. The number of pyridine rings is 1. The van der Waals surface area contributed by atoms with E-state index in [-0.39, 0.29) is 16.1 Å². The molecular weight excluding hydrogens is 296 g/mol. The first-order valence-electron chi connectivity index (χ1n) is 7.15. The zero-order valence-corrected chi connectivity index (χ0v) is 13.3. The van der Waals surface area contributed by atoms with Gasteiger partial charge >= 0.3 is 0 Å². The first kappa shape index (κ1) is 15.7. The molecule has 0 aliphatic heterocycles. The van der Waals surface area contributed by atoms with Gasteiger partial charge in [-0.15, -0.1) is 0 Å². The summed E-state index contributed by atoms with van der Waals surface area (Å²) in [5.74, 6) is 0.760. The van der Waals surface area contributed by atoms with E-state index in [2.05, 4.69) is 16.6 Å². The van der Waals surface area contributed by atoms with Crippen molar-refractivity contribution in [3.8, 4) is 0 Å². The summed E-state index contributed by atoms with van der Waals surface area (Å²) >= 11 is 5.74. The molecule has 0 bridgehead atoms. The van der Waals surface area contributed by atoms with Crippen LogP contribution in [0.15, 0.2) is 23.2 Å². The Bertz CT molecular complexity index is 540. The first-order chi connectivity index (χ1) is 9.51. The smallest absolute Gasteiger partial charge is 0.240 e. The molecule has 1 fully saturated rings. The lowest BCUT2D eigenvalue weighted by molar-refractivity contribution is 0.297. The second-order valence-electron chi connectivity index (χ2n) is 5.44. The van der Waals surface area contributed by atoms with Crippen molar-refractivity contribution in [1.82, 2.24) is 9.71 Å². The zero-order chi connectivity index (χ0) is 14.6. The van der Waals surface area contributed by atoms with Gasteiger partial charge in [-0.2, -0.15) is 0 Å². The maximum Gasteiger partial charge on any atom is 0.240 e. The topological polar surface area (TPSA) is 59.1 Å². The van der Waals surface area contributed by atoms with Crippen LogP contribution in [0.3, 0.4) is 0 Å². The summed E-state index contributed by atoms with van der Waals surface area (Å²) in [7, 11) is -3.49. The minimum absolute atomic E-state index is 0.0417. The Hall–Kier alpha value is -0.650. The van der Waals surface area contributed by atoms with Crippen LogP contribution in [0.25, 0.3) is 0 Å². The van der Waals surface area contributed by atoms with E-state index < -0.39 is 10.0 Å². The van der Waals surface area contributed by atoms with Crippen molar-refractivity contribution in [2.75, 3.05) is 0 Å². The second kappa shape index (κ2) is 6.87. The summed E-state index contributed by atoms with van der Waals surface area (Å²) in [6.07, 6.45) is 7.92. The van der Waals surface area contributed by atoms with Gasteiger partial charge in [0.2, 0.25) is 10.0 Å². The van der Waals surface area contributed by atoms with Gasteiger partial charge in [0, 0.05) is 12.2 Å². The molecule has 0 atom stereocenters. The molecule has 0 radical (unpaired) electrons. The Balaban J connectivity index is 1.96. The second-order valence-corrected chi connectivity index (χ2v) is 7.54. The number of hydrogen-bond acceptors (Lipinski definition) is 3. The Labute approximate surface area is 126 Å². The third-order valence-corrected chi connectivity index (χ3v) is 5.60. The molecule has 20 heavy (non-hydrogen) atoms. The lowest BCUT2D eigenvalue weighted by Crippen LogP contribution is -2.37. The molecule has 0 amide bonds. The number of hydrogen-bond donors (Lipinski definition) is 1. The van der Waals surface area contributed by atoms with Crippen LogP contribution in [0.1, 0.15) is 45.4 Å². The van der Waals surface area contributed by atoms with Gasteiger partial charge in [-0.05, 0) is 43.7 Å². The normalized spacial score (nSPS) is 23.7. The molecule has 0 unspecified atom stereocenters. The quantitative estimate of drug-likeness (QED) is 0.847. The third kappa shape index (κ3) is 4.17. The van der Waals surface area contributed by atoms with E-state index >= 15 is 0 Å². The summed E-state index contributed by atoms with van der Waals surface area (Å²) in [6.45, 7) is 2.20. The molecule has 112 valence electrons. The molecule has 0 aromatic carbocycles. The van der Waals surface area contributed by atoms with Gasteiger partial charge in [-0.3, -0.25) is 0 Å². The van der Waals surface area contributed by atoms with Crippen molar-refractivity contribution in [3.63, 3.8) is 0 Å². The van der Waals surface area contributed by atoms with Crippen molar-refractivity contribution in [2.45, 2.75) is 56.4 Å². The molecule has 1 aliphatic rings. The Morgan fingerprint density at radius 1 is 1.35 bits per heavy atom. The van der Waals surface area contributed by atoms with Gasteiger partial charge < -0.3 is 0 Å². The molecule has 1 saturated carbocycles. The van der Waals surface area contributed by atoms with Crippen LogP contribution in [-0.2, 0) is 10.0 Å². The fourth-order valence-electron chi connectivity index (χ4n) is 2.82. The van der Waals surface area contributed by atoms with Crippen LogP contribution in [0.5, 0.6) is 0 Å². The highest BCUT2D eigenvalue weighted by Crippen LogP contribution is 2.28. The fraction of sp³-hybridized carbons (Fsp3) is 0.643. The minimum atomic E-state index is -3.49. The maximum atomic E-state index is 12.3. The van der Waals surface area contributed by atoms with Crippen LogP contribution in [0, 0.1) is 5.92 Å². The molecule has 4 nitrogen and oxygen atoms in total. The van der Waals surface area contributed by atoms with E-state index in [4.69, 9.17) is 11.6 Å². The Morgan fingerprint density at radius 3 is 2.65 bits per heavy atom. The van der Waals surface area contributed by atoms with E-state index in [0.717, 1.165) is 31.6 Å². The molecule has 0 spiro atoms. The molecule has 2 rings (SSSR count). The first-order valence-corrected chi connectivity index (χ1v) is 9.01. The molecule has 6 heteroatoms. The van der Waals surface area contributed by atoms with Crippen LogP contribution in [0.2, 0.25) is 5.15 Å². The van der Waals surface area contributed by atoms with Crippen molar-refractivity contribution in [3.05, 3.63) is 23.5 Å². The average Bonchev–Trinajstić information content (AvgIpc) is 2.41. The average molecular weight is 317 g/mol. The summed E-state index contributed by atoms with van der Waals surface area (Å²) < 4.78 is 27.3. The van der Waals surface area contributed by atoms with Gasteiger partial charge in [0.25, 0.3) is 0 Å². The summed E-state index contributed by atoms with van der Waals surface area (Å²) in [6, 6.07) is 2.89. The molecular formula is C14H21ClN2O2S. The number of nitrogens with one attached hydrogen (secondary N) is 1. The molecule has 1 heterocycles. The molecule has 0 saturated heterocycles. The third-order valence-electron chi connectivity index (χ3n) is 3.87. The number of halogens is 1. The van der Waals surface area contributed by atoms with Crippen LogP contribution >= 0.6 is 11.6 Å². The maximum absolute atomic E-state index is 12.3. The number of nitrogens with zero attached hydrogens (tertiary/aromatic N) is 1. The van der Waals surface area contributed by atoms with E-state index in [1.807, 2.05) is 0 Å². The van der Waals surface area contributed by atoms with Gasteiger partial charge in [-0.25, -0.2) is 18.1 Å². The Morgan fingerprint density at radius 2 is 2.05 bits per heavy atom. The molecule has 1 N–H and O–H groups in total.